The van der Waals surface area contributed by atoms with E-state index in [1.165, 1.54) is 24.0 Å². The van der Waals surface area contributed by atoms with E-state index in [1.807, 2.05) is 37.6 Å². The first kappa shape index (κ1) is 17.0. The van der Waals surface area contributed by atoms with E-state index < -0.39 is 0 Å². The summed E-state index contributed by atoms with van der Waals surface area (Å²) < 4.78 is 2.19. The van der Waals surface area contributed by atoms with Crippen LogP contribution in [0.15, 0.2) is 48.4 Å². The van der Waals surface area contributed by atoms with Crippen molar-refractivity contribution in [3.8, 4) is 0 Å². The van der Waals surface area contributed by atoms with Crippen LogP contribution in [0.25, 0.3) is 5.57 Å². The molecule has 0 radical (unpaired) electrons. The van der Waals surface area contributed by atoms with Crippen LogP contribution in [0.2, 0.25) is 0 Å². The standard InChI is InChI=1S/C18H19N3O.CH2O2/c1-12-16(13-5-3-2-4-6-13)17(12)18(22)20-10-15-9-19-11-21(15)14-7-8-14;2-1-3/h2-6,9,11,14,17H,7-8,10H2,1H3,(H,20,22);1H,(H,2,3). The Morgan fingerprint density at radius 2 is 2.04 bits per heavy atom. The van der Waals surface area contributed by atoms with Crippen LogP contribution in [0.5, 0.6) is 0 Å². The van der Waals surface area contributed by atoms with E-state index >= 15 is 0 Å². The van der Waals surface area contributed by atoms with Crippen LogP contribution in [0.4, 0.5) is 0 Å². The highest BCUT2D eigenvalue weighted by atomic mass is 16.3. The van der Waals surface area contributed by atoms with Crippen molar-refractivity contribution in [3.63, 3.8) is 0 Å². The summed E-state index contributed by atoms with van der Waals surface area (Å²) in [5.41, 5.74) is 4.60. The Morgan fingerprint density at radius 1 is 1.36 bits per heavy atom. The highest BCUT2D eigenvalue weighted by molar-refractivity contribution is 6.05. The quantitative estimate of drug-likeness (QED) is 0.820. The zero-order valence-corrected chi connectivity index (χ0v) is 14.1. The third kappa shape index (κ3) is 3.79. The number of carboxylic acid groups (broad SMARTS) is 1. The third-order valence-electron chi connectivity index (χ3n) is 4.54. The third-order valence-corrected chi connectivity index (χ3v) is 4.54. The van der Waals surface area contributed by atoms with Crippen molar-refractivity contribution in [1.82, 2.24) is 14.9 Å². The Balaban J connectivity index is 0.000000569. The molecule has 2 aliphatic rings. The van der Waals surface area contributed by atoms with E-state index in [2.05, 4.69) is 27.0 Å². The van der Waals surface area contributed by atoms with Gasteiger partial charge < -0.3 is 15.0 Å². The van der Waals surface area contributed by atoms with E-state index in [0.29, 0.717) is 12.6 Å². The van der Waals surface area contributed by atoms with Crippen LogP contribution in [-0.2, 0) is 16.1 Å². The molecule has 1 atom stereocenters. The fourth-order valence-corrected chi connectivity index (χ4v) is 3.10. The molecule has 130 valence electrons. The van der Waals surface area contributed by atoms with E-state index in [4.69, 9.17) is 9.90 Å². The molecule has 1 heterocycles. The molecule has 0 spiro atoms. The Bertz CT molecular complexity index is 791. The Kier molecular flexibility index (Phi) is 4.97. The molecular weight excluding hydrogens is 318 g/mol. The van der Waals surface area contributed by atoms with Crippen LogP contribution < -0.4 is 5.32 Å². The van der Waals surface area contributed by atoms with Crippen LogP contribution >= 0.6 is 0 Å². The number of rotatable bonds is 5. The second-order valence-corrected chi connectivity index (χ2v) is 6.24. The number of hydrogen-bond donors (Lipinski definition) is 2. The van der Waals surface area contributed by atoms with Crippen LogP contribution in [0.3, 0.4) is 0 Å². The lowest BCUT2D eigenvalue weighted by Crippen LogP contribution is -2.26. The van der Waals surface area contributed by atoms with Crippen molar-refractivity contribution in [3.05, 3.63) is 59.7 Å². The molecule has 1 amide bonds. The van der Waals surface area contributed by atoms with Crippen molar-refractivity contribution >= 4 is 18.0 Å². The summed E-state index contributed by atoms with van der Waals surface area (Å²) >= 11 is 0. The molecule has 1 aromatic carbocycles. The number of imidazole rings is 1. The van der Waals surface area contributed by atoms with Gasteiger partial charge in [-0.05, 0) is 30.9 Å². The molecule has 4 rings (SSSR count). The normalized spacial score (nSPS) is 18.2. The highest BCUT2D eigenvalue weighted by Gasteiger charge is 2.39. The molecule has 2 aliphatic carbocycles. The van der Waals surface area contributed by atoms with Crippen LogP contribution in [-0.4, -0.2) is 27.0 Å². The number of nitrogens with zero attached hydrogens (tertiary/aromatic N) is 2. The minimum Gasteiger partial charge on any atom is -0.483 e. The van der Waals surface area contributed by atoms with E-state index in [0.717, 1.165) is 11.3 Å². The Labute approximate surface area is 146 Å². The lowest BCUT2D eigenvalue weighted by Gasteiger charge is -2.08. The molecular formula is C19H21N3O3. The molecule has 1 aromatic heterocycles. The van der Waals surface area contributed by atoms with Crippen molar-refractivity contribution in [2.24, 2.45) is 5.92 Å². The lowest BCUT2D eigenvalue weighted by atomic mass is 10.1. The smallest absolute Gasteiger partial charge is 0.290 e. The van der Waals surface area contributed by atoms with Crippen LogP contribution in [0, 0.1) is 5.92 Å². The molecule has 0 aliphatic heterocycles. The SMILES string of the molecule is CC1=C(c2ccccc2)C1C(=O)NCc1cncn1C1CC1.O=CO. The van der Waals surface area contributed by atoms with Gasteiger partial charge in [-0.15, -0.1) is 0 Å². The zero-order valence-electron chi connectivity index (χ0n) is 14.1. The van der Waals surface area contributed by atoms with Crippen LogP contribution in [0.1, 0.15) is 37.1 Å². The van der Waals surface area contributed by atoms with E-state index in [1.54, 1.807) is 0 Å². The molecule has 1 saturated carbocycles. The van der Waals surface area contributed by atoms with E-state index in [9.17, 15) is 4.79 Å². The summed E-state index contributed by atoms with van der Waals surface area (Å²) in [5.74, 6) is 0.0413. The Morgan fingerprint density at radius 3 is 2.68 bits per heavy atom. The van der Waals surface area contributed by atoms with Gasteiger partial charge >= 0.3 is 0 Å². The molecule has 2 N–H and O–H groups in total. The maximum Gasteiger partial charge on any atom is 0.290 e. The zero-order chi connectivity index (χ0) is 17.8. The van der Waals surface area contributed by atoms with Gasteiger partial charge in [-0.3, -0.25) is 9.59 Å². The molecule has 1 fully saturated rings. The number of carbonyl (C=O) groups excluding carboxylic acids is 1. The predicted octanol–water partition coefficient (Wildman–Crippen LogP) is 2.64. The van der Waals surface area contributed by atoms with Crippen molar-refractivity contribution in [2.45, 2.75) is 32.4 Å². The van der Waals surface area contributed by atoms with Gasteiger partial charge in [0.15, 0.2) is 0 Å². The largest absolute Gasteiger partial charge is 0.483 e. The first-order chi connectivity index (χ1) is 12.2. The van der Waals surface area contributed by atoms with Gasteiger partial charge in [0.05, 0.1) is 24.5 Å². The van der Waals surface area contributed by atoms with Crippen molar-refractivity contribution in [1.29, 1.82) is 0 Å². The topological polar surface area (TPSA) is 84.2 Å². The van der Waals surface area contributed by atoms with Crippen molar-refractivity contribution < 1.29 is 14.7 Å². The molecule has 6 heteroatoms. The van der Waals surface area contributed by atoms with Gasteiger partial charge in [-0.25, -0.2) is 4.98 Å². The molecule has 25 heavy (non-hydrogen) atoms. The van der Waals surface area contributed by atoms with Gasteiger partial charge in [-0.1, -0.05) is 35.9 Å². The number of amides is 1. The summed E-state index contributed by atoms with van der Waals surface area (Å²) in [5, 5.41) is 9.95. The summed E-state index contributed by atoms with van der Waals surface area (Å²) in [6, 6.07) is 10.7. The number of benzene rings is 1. The average Bonchev–Trinajstić information content (AvgIpc) is 3.52. The maximum atomic E-state index is 12.4. The molecule has 1 unspecified atom stereocenters. The fourth-order valence-electron chi connectivity index (χ4n) is 3.10. The molecule has 0 bridgehead atoms. The van der Waals surface area contributed by atoms with Gasteiger partial charge in [0.1, 0.15) is 0 Å². The Hall–Kier alpha value is -2.89. The monoisotopic (exact) mass is 339 g/mol. The summed E-state index contributed by atoms with van der Waals surface area (Å²) in [6.07, 6.45) is 6.16. The van der Waals surface area contributed by atoms with Gasteiger partial charge in [0.2, 0.25) is 5.91 Å². The number of aromatic nitrogens is 2. The lowest BCUT2D eigenvalue weighted by molar-refractivity contribution is -0.123. The first-order valence-electron chi connectivity index (χ1n) is 8.29. The predicted molar refractivity (Wildman–Crippen MR) is 93.6 cm³/mol. The number of hydrogen-bond acceptors (Lipinski definition) is 3. The summed E-state index contributed by atoms with van der Waals surface area (Å²) in [7, 11) is 0. The van der Waals surface area contributed by atoms with Gasteiger partial charge in [0.25, 0.3) is 6.47 Å². The van der Waals surface area contributed by atoms with E-state index in [-0.39, 0.29) is 18.3 Å². The number of carbonyl (C=O) groups is 2. The fraction of sp³-hybridized carbons (Fsp3) is 0.316. The second-order valence-electron chi connectivity index (χ2n) is 6.24. The highest BCUT2D eigenvalue weighted by Crippen LogP contribution is 2.46. The van der Waals surface area contributed by atoms with Gasteiger partial charge in [0, 0.05) is 12.2 Å². The minimum atomic E-state index is -0.250. The molecule has 2 aromatic rings. The molecule has 0 saturated heterocycles. The second kappa shape index (κ2) is 7.34. The first-order valence-corrected chi connectivity index (χ1v) is 8.29. The number of nitrogens with one attached hydrogen (secondary N) is 1. The average molecular weight is 339 g/mol. The maximum absolute atomic E-state index is 12.4. The summed E-state index contributed by atoms with van der Waals surface area (Å²) in [6.45, 7) is 2.35. The molecule has 6 nitrogen and oxygen atoms in total. The minimum absolute atomic E-state index is 0.0558. The summed E-state index contributed by atoms with van der Waals surface area (Å²) in [4.78, 5) is 25.0. The van der Waals surface area contributed by atoms with Crippen molar-refractivity contribution in [2.75, 3.05) is 0 Å². The van der Waals surface area contributed by atoms with Gasteiger partial charge in [-0.2, -0.15) is 0 Å².